The Kier molecular flexibility index (Phi) is 2.97. The second kappa shape index (κ2) is 4.65. The number of fused-ring (bicyclic) bond motifs is 1. The van der Waals surface area contributed by atoms with Crippen LogP contribution in [-0.2, 0) is 0 Å². The first-order valence-corrected chi connectivity index (χ1v) is 6.76. The van der Waals surface area contributed by atoms with E-state index in [-0.39, 0.29) is 5.91 Å². The Morgan fingerprint density at radius 1 is 1.37 bits per heavy atom. The molecule has 0 bridgehead atoms. The summed E-state index contributed by atoms with van der Waals surface area (Å²) in [6.07, 6.45) is 6.60. The molecular formula is C16H18N2O. The molecule has 19 heavy (non-hydrogen) atoms. The summed E-state index contributed by atoms with van der Waals surface area (Å²) in [5, 5.41) is 4.28. The Bertz CT molecular complexity index is 586. The number of aryl methyl sites for hydroxylation is 2. The molecule has 1 fully saturated rings. The minimum atomic E-state index is -0.115. The molecule has 1 amide bonds. The monoisotopic (exact) mass is 254 g/mol. The number of nitrogens with one attached hydrogen (secondary N) is 1. The van der Waals surface area contributed by atoms with Gasteiger partial charge in [-0.2, -0.15) is 5.10 Å². The Balaban J connectivity index is 1.69. The predicted molar refractivity (Wildman–Crippen MR) is 76.2 cm³/mol. The van der Waals surface area contributed by atoms with Crippen molar-refractivity contribution in [2.75, 3.05) is 0 Å². The van der Waals surface area contributed by atoms with Crippen LogP contribution in [0, 0.1) is 25.7 Å². The second-order valence-electron chi connectivity index (χ2n) is 5.52. The maximum atomic E-state index is 12.1. The molecule has 1 aromatic rings. The van der Waals surface area contributed by atoms with Gasteiger partial charge in [-0.3, -0.25) is 4.79 Å². The number of hydrazone groups is 1. The number of carbonyl (C=O) groups excluding carboxylic acids is 1. The largest absolute Gasteiger partial charge is 0.271 e. The number of amides is 1. The van der Waals surface area contributed by atoms with Crippen molar-refractivity contribution in [1.29, 1.82) is 0 Å². The third-order valence-corrected chi connectivity index (χ3v) is 4.07. The van der Waals surface area contributed by atoms with Gasteiger partial charge in [-0.1, -0.05) is 29.8 Å². The van der Waals surface area contributed by atoms with Crippen LogP contribution < -0.4 is 5.43 Å². The van der Waals surface area contributed by atoms with Crippen LogP contribution in [0.1, 0.15) is 34.3 Å². The molecule has 1 aromatic carbocycles. The van der Waals surface area contributed by atoms with Crippen LogP contribution in [0.25, 0.3) is 0 Å². The minimum absolute atomic E-state index is 0.115. The predicted octanol–water partition coefficient (Wildman–Crippen LogP) is 2.99. The van der Waals surface area contributed by atoms with E-state index in [1.165, 1.54) is 5.56 Å². The van der Waals surface area contributed by atoms with Crippen molar-refractivity contribution in [3.63, 3.8) is 0 Å². The van der Waals surface area contributed by atoms with Gasteiger partial charge in [0.1, 0.15) is 0 Å². The van der Waals surface area contributed by atoms with Crippen LogP contribution in [0.15, 0.2) is 35.5 Å². The van der Waals surface area contributed by atoms with E-state index in [1.807, 2.05) is 32.0 Å². The molecule has 3 nitrogen and oxygen atoms in total. The fourth-order valence-electron chi connectivity index (χ4n) is 2.91. The van der Waals surface area contributed by atoms with Crippen molar-refractivity contribution in [3.8, 4) is 0 Å². The molecule has 2 unspecified atom stereocenters. The molecule has 3 heteroatoms. The molecule has 0 saturated heterocycles. The number of hydrogen-bond acceptors (Lipinski definition) is 2. The average molecular weight is 254 g/mol. The van der Waals surface area contributed by atoms with E-state index in [0.29, 0.717) is 11.5 Å². The molecular weight excluding hydrogens is 236 g/mol. The van der Waals surface area contributed by atoms with Crippen LogP contribution in [0.4, 0.5) is 0 Å². The highest BCUT2D eigenvalue weighted by molar-refractivity contribution is 5.99. The van der Waals surface area contributed by atoms with Crippen molar-refractivity contribution in [1.82, 2.24) is 5.43 Å². The maximum Gasteiger partial charge on any atom is 0.271 e. The number of hydrogen-bond donors (Lipinski definition) is 1. The fourth-order valence-corrected chi connectivity index (χ4v) is 2.91. The summed E-state index contributed by atoms with van der Waals surface area (Å²) in [5.41, 5.74) is 6.65. The second-order valence-corrected chi connectivity index (χ2v) is 5.52. The molecule has 0 aromatic heterocycles. The maximum absolute atomic E-state index is 12.1. The number of allylic oxidation sites excluding steroid dienone is 2. The van der Waals surface area contributed by atoms with Crippen LogP contribution >= 0.6 is 0 Å². The molecule has 2 aliphatic carbocycles. The Morgan fingerprint density at radius 2 is 2.21 bits per heavy atom. The van der Waals surface area contributed by atoms with E-state index >= 15 is 0 Å². The summed E-state index contributed by atoms with van der Waals surface area (Å²) in [7, 11) is 0. The minimum Gasteiger partial charge on any atom is -0.267 e. The van der Waals surface area contributed by atoms with Crippen molar-refractivity contribution in [3.05, 3.63) is 47.0 Å². The van der Waals surface area contributed by atoms with Gasteiger partial charge >= 0.3 is 0 Å². The SMILES string of the molecule is Cc1ccc(C(=O)N/N=C2/CC3CC=CC23)c(C)c1. The molecule has 2 atom stereocenters. The molecule has 98 valence electrons. The van der Waals surface area contributed by atoms with Crippen molar-refractivity contribution in [2.45, 2.75) is 26.7 Å². The standard InChI is InChI=1S/C16H18N2O/c1-10-6-7-13(11(2)8-10)16(19)18-17-15-9-12-4-3-5-14(12)15/h3,5-8,12,14H,4,9H2,1-2H3,(H,18,19)/b17-15-. The van der Waals surface area contributed by atoms with Gasteiger partial charge in [-0.25, -0.2) is 5.43 Å². The van der Waals surface area contributed by atoms with Crippen LogP contribution in [0.2, 0.25) is 0 Å². The van der Waals surface area contributed by atoms with Crippen molar-refractivity contribution in [2.24, 2.45) is 16.9 Å². The molecule has 1 N–H and O–H groups in total. The van der Waals surface area contributed by atoms with Crippen LogP contribution in [-0.4, -0.2) is 11.6 Å². The first kappa shape index (κ1) is 12.2. The number of rotatable bonds is 2. The van der Waals surface area contributed by atoms with Crippen LogP contribution in [0.3, 0.4) is 0 Å². The summed E-state index contributed by atoms with van der Waals surface area (Å²) in [6.45, 7) is 3.98. The van der Waals surface area contributed by atoms with Crippen molar-refractivity contribution < 1.29 is 4.79 Å². The lowest BCUT2D eigenvalue weighted by molar-refractivity contribution is 0.0953. The topological polar surface area (TPSA) is 41.5 Å². The first-order chi connectivity index (χ1) is 9.15. The summed E-state index contributed by atoms with van der Waals surface area (Å²) < 4.78 is 0. The number of carbonyl (C=O) groups is 1. The molecule has 0 aliphatic heterocycles. The molecule has 0 spiro atoms. The van der Waals surface area contributed by atoms with Gasteiger partial charge in [0.05, 0.1) is 0 Å². The fraction of sp³-hybridized carbons (Fsp3) is 0.375. The molecule has 0 radical (unpaired) electrons. The lowest BCUT2D eigenvalue weighted by Crippen LogP contribution is -2.35. The van der Waals surface area contributed by atoms with E-state index in [1.54, 1.807) is 0 Å². The van der Waals surface area contributed by atoms with E-state index < -0.39 is 0 Å². The van der Waals surface area contributed by atoms with E-state index in [9.17, 15) is 4.79 Å². The summed E-state index contributed by atoms with van der Waals surface area (Å²) >= 11 is 0. The summed E-state index contributed by atoms with van der Waals surface area (Å²) in [4.78, 5) is 12.1. The van der Waals surface area contributed by atoms with Gasteiger partial charge in [0, 0.05) is 17.2 Å². The van der Waals surface area contributed by atoms with Gasteiger partial charge in [0.15, 0.2) is 0 Å². The highest BCUT2D eigenvalue weighted by atomic mass is 16.2. The highest BCUT2D eigenvalue weighted by Crippen LogP contribution is 2.40. The Morgan fingerprint density at radius 3 is 2.95 bits per heavy atom. The number of nitrogens with zero attached hydrogens (tertiary/aromatic N) is 1. The van der Waals surface area contributed by atoms with Crippen LogP contribution in [0.5, 0.6) is 0 Å². The molecule has 1 saturated carbocycles. The van der Waals surface area contributed by atoms with Gasteiger partial charge < -0.3 is 0 Å². The molecule has 3 rings (SSSR count). The van der Waals surface area contributed by atoms with Gasteiger partial charge in [-0.15, -0.1) is 0 Å². The van der Waals surface area contributed by atoms with E-state index in [2.05, 4.69) is 22.7 Å². The van der Waals surface area contributed by atoms with Crippen molar-refractivity contribution >= 4 is 11.6 Å². The normalized spacial score (nSPS) is 26.1. The summed E-state index contributed by atoms with van der Waals surface area (Å²) in [5.74, 6) is 1.09. The zero-order valence-electron chi connectivity index (χ0n) is 11.3. The Hall–Kier alpha value is -1.90. The lowest BCUT2D eigenvalue weighted by atomic mass is 9.74. The third kappa shape index (κ3) is 2.21. The summed E-state index contributed by atoms with van der Waals surface area (Å²) in [6, 6.07) is 5.83. The van der Waals surface area contributed by atoms with E-state index in [0.717, 1.165) is 30.0 Å². The number of benzene rings is 1. The quantitative estimate of drug-likeness (QED) is 0.639. The average Bonchev–Trinajstić information content (AvgIpc) is 2.71. The molecule has 0 heterocycles. The molecule has 2 aliphatic rings. The zero-order chi connectivity index (χ0) is 13.4. The smallest absolute Gasteiger partial charge is 0.267 e. The lowest BCUT2D eigenvalue weighted by Gasteiger charge is -2.31. The first-order valence-electron chi connectivity index (χ1n) is 6.76. The Labute approximate surface area is 113 Å². The highest BCUT2D eigenvalue weighted by Gasteiger charge is 2.37. The van der Waals surface area contributed by atoms with Gasteiger partial charge in [-0.05, 0) is 44.2 Å². The van der Waals surface area contributed by atoms with Gasteiger partial charge in [0.25, 0.3) is 5.91 Å². The van der Waals surface area contributed by atoms with Gasteiger partial charge in [0.2, 0.25) is 0 Å². The van der Waals surface area contributed by atoms with E-state index in [4.69, 9.17) is 0 Å². The zero-order valence-corrected chi connectivity index (χ0v) is 11.3. The third-order valence-electron chi connectivity index (χ3n) is 4.07.